The van der Waals surface area contributed by atoms with Crippen molar-refractivity contribution in [1.29, 1.82) is 0 Å². The van der Waals surface area contributed by atoms with Gasteiger partial charge in [0.1, 0.15) is 17.5 Å². The molecule has 1 unspecified atom stereocenters. The van der Waals surface area contributed by atoms with Gasteiger partial charge in [-0.3, -0.25) is 9.59 Å². The van der Waals surface area contributed by atoms with Gasteiger partial charge in [0.05, 0.1) is 5.69 Å². The van der Waals surface area contributed by atoms with Crippen LogP contribution in [0.1, 0.15) is 22.8 Å². The molecule has 2 aromatic rings. The molecule has 5 nitrogen and oxygen atoms in total. The smallest absolute Gasteiger partial charge is 0.267 e. The van der Waals surface area contributed by atoms with E-state index in [9.17, 15) is 27.9 Å². The molecule has 9 heteroatoms. The van der Waals surface area contributed by atoms with E-state index >= 15 is 0 Å². The predicted octanol–water partition coefficient (Wildman–Crippen LogP) is 2.79. The summed E-state index contributed by atoms with van der Waals surface area (Å²) in [6.45, 7) is 0.881. The normalized spacial score (nSPS) is 18.9. The lowest BCUT2D eigenvalue weighted by atomic mass is 10.1. The largest absolute Gasteiger partial charge is 0.371 e. The molecule has 0 saturated heterocycles. The Balaban J connectivity index is 1.76. The van der Waals surface area contributed by atoms with Crippen LogP contribution in [0.4, 0.5) is 18.9 Å². The summed E-state index contributed by atoms with van der Waals surface area (Å²) in [7, 11) is 0. The summed E-state index contributed by atoms with van der Waals surface area (Å²) in [5.74, 6) is -4.50. The topological polar surface area (TPSA) is 78.4 Å². The molecule has 26 heavy (non-hydrogen) atoms. The molecule has 0 aliphatic carbocycles. The highest BCUT2D eigenvalue weighted by molar-refractivity contribution is 8.01. The first-order chi connectivity index (χ1) is 12.2. The molecular formula is C17H13F3N2O3S. The average Bonchev–Trinajstić information content (AvgIpc) is 2.54. The number of thioether (sulfide) groups is 1. The van der Waals surface area contributed by atoms with E-state index in [4.69, 9.17) is 0 Å². The third-order valence-corrected chi connectivity index (χ3v) is 4.91. The number of carbonyl (C=O) groups excluding carboxylic acids is 2. The number of rotatable bonds is 3. The molecule has 0 aromatic heterocycles. The van der Waals surface area contributed by atoms with Crippen molar-refractivity contribution in [3.63, 3.8) is 0 Å². The number of nitrogens with one attached hydrogen (secondary N) is 2. The van der Waals surface area contributed by atoms with Crippen molar-refractivity contribution in [2.45, 2.75) is 23.3 Å². The van der Waals surface area contributed by atoms with E-state index in [1.807, 2.05) is 0 Å². The number of aliphatic hydroxyl groups is 1. The first-order valence-electron chi connectivity index (χ1n) is 7.46. The van der Waals surface area contributed by atoms with Gasteiger partial charge in [-0.1, -0.05) is 11.8 Å². The Labute approximate surface area is 150 Å². The van der Waals surface area contributed by atoms with Crippen molar-refractivity contribution in [2.24, 2.45) is 0 Å². The molecule has 1 aliphatic rings. The Kier molecular flexibility index (Phi) is 4.68. The molecule has 3 N–H and O–H groups in total. The van der Waals surface area contributed by atoms with Gasteiger partial charge in [0.15, 0.2) is 4.93 Å². The van der Waals surface area contributed by atoms with Crippen LogP contribution in [0, 0.1) is 17.5 Å². The summed E-state index contributed by atoms with van der Waals surface area (Å²) in [4.78, 5) is 22.9. The number of benzene rings is 2. The molecule has 3 rings (SSSR count). The molecule has 0 saturated carbocycles. The number of hydrogen-bond donors (Lipinski definition) is 3. The van der Waals surface area contributed by atoms with Gasteiger partial charge in [0.25, 0.3) is 11.8 Å². The molecule has 0 fully saturated rings. The van der Waals surface area contributed by atoms with E-state index < -0.39 is 46.3 Å². The summed E-state index contributed by atoms with van der Waals surface area (Å²) < 4.78 is 40.1. The van der Waals surface area contributed by atoms with Crippen LogP contribution in [0.15, 0.2) is 35.2 Å². The number of fused-ring (bicyclic) bond motifs is 1. The maximum atomic E-state index is 13.6. The highest BCUT2D eigenvalue weighted by Crippen LogP contribution is 2.41. The first-order valence-corrected chi connectivity index (χ1v) is 8.27. The fraction of sp³-hybridized carbons (Fsp3) is 0.176. The van der Waals surface area contributed by atoms with Crippen molar-refractivity contribution >= 4 is 29.3 Å². The molecule has 0 radical (unpaired) electrons. The fourth-order valence-electron chi connectivity index (χ4n) is 2.37. The predicted molar refractivity (Wildman–Crippen MR) is 89.0 cm³/mol. The second kappa shape index (κ2) is 6.65. The second-order valence-corrected chi connectivity index (χ2v) is 7.22. The van der Waals surface area contributed by atoms with Gasteiger partial charge in [-0.2, -0.15) is 0 Å². The van der Waals surface area contributed by atoms with E-state index in [1.54, 1.807) is 6.07 Å². The summed E-state index contributed by atoms with van der Waals surface area (Å²) in [6, 6.07) is 5.44. The lowest BCUT2D eigenvalue weighted by molar-refractivity contribution is -0.125. The van der Waals surface area contributed by atoms with E-state index in [0.29, 0.717) is 22.7 Å². The summed E-state index contributed by atoms with van der Waals surface area (Å²) in [6.07, 6.45) is 0. The zero-order valence-corrected chi connectivity index (χ0v) is 14.2. The summed E-state index contributed by atoms with van der Waals surface area (Å²) in [5, 5.41) is 14.8. The molecule has 136 valence electrons. The van der Waals surface area contributed by atoms with Gasteiger partial charge in [-0.15, -0.1) is 0 Å². The lowest BCUT2D eigenvalue weighted by Crippen LogP contribution is -2.39. The number of carbonyl (C=O) groups is 2. The maximum Gasteiger partial charge on any atom is 0.267 e. The van der Waals surface area contributed by atoms with E-state index in [0.717, 1.165) is 11.8 Å². The van der Waals surface area contributed by atoms with Crippen molar-refractivity contribution < 1.29 is 27.9 Å². The molecule has 2 aromatic carbocycles. The average molecular weight is 382 g/mol. The van der Waals surface area contributed by atoms with Crippen molar-refractivity contribution in [1.82, 2.24) is 5.32 Å². The quantitative estimate of drug-likeness (QED) is 0.763. The minimum Gasteiger partial charge on any atom is -0.371 e. The first kappa shape index (κ1) is 18.3. The maximum absolute atomic E-state index is 13.6. The van der Waals surface area contributed by atoms with Crippen LogP contribution in [0.5, 0.6) is 0 Å². The minimum absolute atomic E-state index is 0.147. The molecule has 1 aliphatic heterocycles. The molecule has 0 spiro atoms. The lowest BCUT2D eigenvalue weighted by Gasteiger charge is -2.28. The molecule has 1 heterocycles. The van der Waals surface area contributed by atoms with Gasteiger partial charge in [-0.05, 0) is 25.1 Å². The number of hydrogen-bond acceptors (Lipinski definition) is 4. The second-order valence-electron chi connectivity index (χ2n) is 5.78. The van der Waals surface area contributed by atoms with Crippen LogP contribution in [0.25, 0.3) is 0 Å². The Morgan fingerprint density at radius 2 is 1.88 bits per heavy atom. The minimum atomic E-state index is -1.62. The van der Waals surface area contributed by atoms with E-state index in [-0.39, 0.29) is 5.56 Å². The number of anilines is 1. The fourth-order valence-corrected chi connectivity index (χ4v) is 3.30. The number of halogens is 3. The Bertz CT molecular complexity index is 895. The Morgan fingerprint density at radius 1 is 1.23 bits per heavy atom. The van der Waals surface area contributed by atoms with E-state index in [2.05, 4.69) is 10.6 Å². The summed E-state index contributed by atoms with van der Waals surface area (Å²) in [5.41, 5.74) is 0.0325. The van der Waals surface area contributed by atoms with Crippen LogP contribution in [-0.4, -0.2) is 21.9 Å². The van der Waals surface area contributed by atoms with Crippen molar-refractivity contribution in [3.8, 4) is 0 Å². The van der Waals surface area contributed by atoms with Crippen LogP contribution >= 0.6 is 11.8 Å². The highest BCUT2D eigenvalue weighted by atomic mass is 32.2. The zero-order valence-electron chi connectivity index (χ0n) is 13.4. The standard InChI is InChI=1S/C17H13F3N2O3S/c1-17(25)16(24)22-13-4-8(2-3-14(13)26-17)15(23)21-7-10-11(19)5-9(18)6-12(10)20/h2-6,25H,7H2,1H3,(H,21,23)(H,22,24). The van der Waals surface area contributed by atoms with Crippen LogP contribution in [0.2, 0.25) is 0 Å². The highest BCUT2D eigenvalue weighted by Gasteiger charge is 2.37. The van der Waals surface area contributed by atoms with Gasteiger partial charge >= 0.3 is 0 Å². The molecule has 0 bridgehead atoms. The molecule has 2 amide bonds. The van der Waals surface area contributed by atoms with Gasteiger partial charge < -0.3 is 15.7 Å². The van der Waals surface area contributed by atoms with Gasteiger partial charge in [-0.25, -0.2) is 13.2 Å². The molecule has 1 atom stereocenters. The Hall–Kier alpha value is -2.52. The van der Waals surface area contributed by atoms with Crippen molar-refractivity contribution in [2.75, 3.05) is 5.32 Å². The van der Waals surface area contributed by atoms with Crippen LogP contribution < -0.4 is 10.6 Å². The molecular weight excluding hydrogens is 369 g/mol. The van der Waals surface area contributed by atoms with Gasteiger partial charge in [0, 0.05) is 34.7 Å². The monoisotopic (exact) mass is 382 g/mol. The van der Waals surface area contributed by atoms with Crippen LogP contribution in [0.3, 0.4) is 0 Å². The third-order valence-electron chi connectivity index (χ3n) is 3.75. The third kappa shape index (κ3) is 3.54. The number of amides is 2. The van der Waals surface area contributed by atoms with Gasteiger partial charge in [0.2, 0.25) is 0 Å². The van der Waals surface area contributed by atoms with Crippen LogP contribution in [-0.2, 0) is 11.3 Å². The zero-order chi connectivity index (χ0) is 19.1. The van der Waals surface area contributed by atoms with E-state index in [1.165, 1.54) is 19.1 Å². The Morgan fingerprint density at radius 3 is 2.54 bits per heavy atom. The summed E-state index contributed by atoms with van der Waals surface area (Å²) >= 11 is 0.935. The SMILES string of the molecule is CC1(O)Sc2ccc(C(=O)NCc3c(F)cc(F)cc3F)cc2NC1=O. The van der Waals surface area contributed by atoms with Crippen molar-refractivity contribution in [3.05, 3.63) is 58.9 Å².